The van der Waals surface area contributed by atoms with Crippen LogP contribution in [0.1, 0.15) is 20.7 Å². The minimum absolute atomic E-state index is 0.304. The van der Waals surface area contributed by atoms with Gasteiger partial charge in [-0.2, -0.15) is 0 Å². The number of hydrogen-bond donors (Lipinski definition) is 2. The molecule has 178 valence electrons. The van der Waals surface area contributed by atoms with Crippen LogP contribution in [-0.4, -0.2) is 34.6 Å². The summed E-state index contributed by atoms with van der Waals surface area (Å²) in [5.41, 5.74) is 6.34. The molecule has 38 heavy (non-hydrogen) atoms. The van der Waals surface area contributed by atoms with Gasteiger partial charge in [-0.1, -0.05) is 60.1 Å². The number of carbonyl (C=O) groups excluding carboxylic acids is 2. The van der Waals surface area contributed by atoms with Crippen LogP contribution in [-0.2, 0) is 0 Å². The quantitative estimate of drug-likeness (QED) is 0.202. The van der Waals surface area contributed by atoms with Gasteiger partial charge in [0.15, 0.2) is 0 Å². The molecule has 0 saturated heterocycles. The highest BCUT2D eigenvalue weighted by Crippen LogP contribution is 2.39. The van der Waals surface area contributed by atoms with E-state index in [0.717, 1.165) is 54.9 Å². The lowest BCUT2D eigenvalue weighted by Gasteiger charge is -2.15. The SMILES string of the molecule is Bc1ccc2[nH]cc(-c3nc4c5ccccc5c5ccc(N6C(=O)c7ccccc7C6=O)cc5c4[nH]3)c2c1. The van der Waals surface area contributed by atoms with Crippen molar-refractivity contribution in [2.24, 2.45) is 0 Å². The number of amides is 2. The number of aromatic amines is 2. The van der Waals surface area contributed by atoms with Gasteiger partial charge in [-0.25, -0.2) is 9.88 Å². The van der Waals surface area contributed by atoms with Crippen LogP contribution in [0.4, 0.5) is 5.69 Å². The average Bonchev–Trinajstić information content (AvgIpc) is 3.63. The minimum atomic E-state index is -0.304. The molecular formula is C31H19BN4O2. The molecule has 1 aliphatic rings. The maximum atomic E-state index is 13.2. The molecule has 0 atom stereocenters. The number of benzene rings is 5. The molecule has 7 aromatic rings. The summed E-state index contributed by atoms with van der Waals surface area (Å²) in [7, 11) is 2.08. The van der Waals surface area contributed by atoms with E-state index in [2.05, 4.69) is 48.1 Å². The van der Waals surface area contributed by atoms with Crippen LogP contribution in [0, 0.1) is 0 Å². The summed E-state index contributed by atoms with van der Waals surface area (Å²) in [5, 5.41) is 5.14. The molecule has 5 aromatic carbocycles. The summed E-state index contributed by atoms with van der Waals surface area (Å²) >= 11 is 0. The number of nitrogens with one attached hydrogen (secondary N) is 2. The number of carbonyl (C=O) groups is 2. The first kappa shape index (κ1) is 21.0. The van der Waals surface area contributed by atoms with Gasteiger partial charge < -0.3 is 9.97 Å². The van der Waals surface area contributed by atoms with E-state index in [-0.39, 0.29) is 11.8 Å². The fourth-order valence-corrected chi connectivity index (χ4v) is 5.78. The Morgan fingerprint density at radius 3 is 2.18 bits per heavy atom. The Bertz CT molecular complexity index is 2120. The van der Waals surface area contributed by atoms with Crippen molar-refractivity contribution >= 4 is 74.3 Å². The van der Waals surface area contributed by atoms with Crippen LogP contribution < -0.4 is 10.4 Å². The van der Waals surface area contributed by atoms with Crippen molar-refractivity contribution in [2.45, 2.75) is 0 Å². The fourth-order valence-electron chi connectivity index (χ4n) is 5.78. The van der Waals surface area contributed by atoms with Gasteiger partial charge in [-0.15, -0.1) is 0 Å². The molecule has 0 unspecified atom stereocenters. The highest BCUT2D eigenvalue weighted by Gasteiger charge is 2.36. The van der Waals surface area contributed by atoms with Crippen molar-refractivity contribution in [1.29, 1.82) is 0 Å². The van der Waals surface area contributed by atoms with Crippen LogP contribution in [0.3, 0.4) is 0 Å². The Morgan fingerprint density at radius 2 is 1.39 bits per heavy atom. The molecule has 0 fully saturated rings. The number of H-pyrrole nitrogens is 2. The summed E-state index contributed by atoms with van der Waals surface area (Å²) in [6, 6.07) is 27.3. The standard InChI is InChI=1S/C31H19BN4O2/c32-16-9-12-26-23(13-16)25(15-33-26)29-34-27-20-6-2-1-5-18(20)19-11-10-17(14-24(19)28(27)35-29)36-30(37)21-7-3-4-8-22(21)31(36)38/h1-15,33H,32H2,(H,34,35). The second-order valence-corrected chi connectivity index (χ2v) is 9.83. The van der Waals surface area contributed by atoms with Crippen molar-refractivity contribution in [2.75, 3.05) is 4.90 Å². The number of hydrogen-bond acceptors (Lipinski definition) is 3. The number of fused-ring (bicyclic) bond motifs is 8. The molecule has 0 bridgehead atoms. The van der Waals surface area contributed by atoms with E-state index in [1.165, 1.54) is 10.4 Å². The van der Waals surface area contributed by atoms with Gasteiger partial charge >= 0.3 is 0 Å². The number of aromatic nitrogens is 3. The van der Waals surface area contributed by atoms with Gasteiger partial charge in [0.2, 0.25) is 0 Å². The maximum absolute atomic E-state index is 13.2. The lowest BCUT2D eigenvalue weighted by atomic mass is 9.94. The van der Waals surface area contributed by atoms with Gasteiger partial charge in [-0.05, 0) is 41.1 Å². The third-order valence-electron chi connectivity index (χ3n) is 7.59. The van der Waals surface area contributed by atoms with E-state index in [9.17, 15) is 9.59 Å². The Balaban J connectivity index is 1.40. The lowest BCUT2D eigenvalue weighted by molar-refractivity contribution is 0.0926. The van der Waals surface area contributed by atoms with E-state index in [4.69, 9.17) is 4.98 Å². The molecule has 0 radical (unpaired) electrons. The van der Waals surface area contributed by atoms with Gasteiger partial charge in [0.05, 0.1) is 27.8 Å². The zero-order valence-corrected chi connectivity index (χ0v) is 20.4. The topological polar surface area (TPSA) is 81.8 Å². The van der Waals surface area contributed by atoms with Gasteiger partial charge in [-0.3, -0.25) is 9.59 Å². The third kappa shape index (κ3) is 2.75. The zero-order valence-electron chi connectivity index (χ0n) is 20.4. The Labute approximate surface area is 217 Å². The monoisotopic (exact) mass is 490 g/mol. The normalized spacial score (nSPS) is 13.4. The number of anilines is 1. The molecule has 7 heteroatoms. The molecule has 0 saturated carbocycles. The lowest BCUT2D eigenvalue weighted by Crippen LogP contribution is -2.29. The molecule has 2 amide bonds. The van der Waals surface area contributed by atoms with Crippen LogP contribution >= 0.6 is 0 Å². The van der Waals surface area contributed by atoms with Crippen LogP contribution in [0.15, 0.2) is 91.1 Å². The molecule has 1 aliphatic heterocycles. The Hall–Kier alpha value is -5.17. The van der Waals surface area contributed by atoms with E-state index < -0.39 is 0 Å². The first-order chi connectivity index (χ1) is 18.6. The third-order valence-corrected chi connectivity index (χ3v) is 7.59. The summed E-state index contributed by atoms with van der Waals surface area (Å²) < 4.78 is 0. The highest BCUT2D eigenvalue weighted by atomic mass is 16.2. The predicted molar refractivity (Wildman–Crippen MR) is 154 cm³/mol. The number of imide groups is 1. The molecule has 8 rings (SSSR count). The molecule has 0 aliphatic carbocycles. The Kier molecular flexibility index (Phi) is 4.10. The molecule has 0 spiro atoms. The van der Waals surface area contributed by atoms with Crippen molar-refractivity contribution in [1.82, 2.24) is 15.0 Å². The smallest absolute Gasteiger partial charge is 0.266 e. The first-order valence-electron chi connectivity index (χ1n) is 12.5. The zero-order chi connectivity index (χ0) is 25.5. The second-order valence-electron chi connectivity index (χ2n) is 9.83. The van der Waals surface area contributed by atoms with Gasteiger partial charge in [0.25, 0.3) is 11.8 Å². The van der Waals surface area contributed by atoms with Gasteiger partial charge in [0, 0.05) is 33.4 Å². The van der Waals surface area contributed by atoms with Crippen molar-refractivity contribution in [3.63, 3.8) is 0 Å². The van der Waals surface area contributed by atoms with Crippen molar-refractivity contribution in [3.8, 4) is 11.4 Å². The Morgan fingerprint density at radius 1 is 0.684 bits per heavy atom. The molecule has 2 N–H and O–H groups in total. The van der Waals surface area contributed by atoms with Crippen molar-refractivity contribution < 1.29 is 9.59 Å². The molecule has 6 nitrogen and oxygen atoms in total. The highest BCUT2D eigenvalue weighted by molar-refractivity contribution is 6.35. The van der Waals surface area contributed by atoms with E-state index in [0.29, 0.717) is 16.8 Å². The molecular weight excluding hydrogens is 471 g/mol. The molecule has 2 aromatic heterocycles. The molecule has 3 heterocycles. The summed E-state index contributed by atoms with van der Waals surface area (Å²) in [4.78, 5) is 39.7. The largest absolute Gasteiger partial charge is 0.360 e. The predicted octanol–water partition coefficient (Wildman–Crippen LogP) is 5.08. The fraction of sp³-hybridized carbons (Fsp3) is 0. The minimum Gasteiger partial charge on any atom is -0.360 e. The second kappa shape index (κ2) is 7.43. The van der Waals surface area contributed by atoms with Crippen LogP contribution in [0.5, 0.6) is 0 Å². The average molecular weight is 490 g/mol. The van der Waals surface area contributed by atoms with Crippen LogP contribution in [0.25, 0.3) is 54.9 Å². The summed E-state index contributed by atoms with van der Waals surface area (Å²) in [5.74, 6) is 0.156. The van der Waals surface area contributed by atoms with E-state index >= 15 is 0 Å². The first-order valence-corrected chi connectivity index (χ1v) is 12.5. The number of rotatable bonds is 2. The van der Waals surface area contributed by atoms with Gasteiger partial charge in [0.1, 0.15) is 13.7 Å². The number of nitrogens with zero attached hydrogens (tertiary/aromatic N) is 2. The summed E-state index contributed by atoms with van der Waals surface area (Å²) in [6.07, 6.45) is 1.98. The summed E-state index contributed by atoms with van der Waals surface area (Å²) in [6.45, 7) is 0. The number of imidazole rings is 1. The maximum Gasteiger partial charge on any atom is 0.266 e. The van der Waals surface area contributed by atoms with E-state index in [1.807, 2.05) is 36.5 Å². The van der Waals surface area contributed by atoms with E-state index in [1.54, 1.807) is 24.3 Å². The van der Waals surface area contributed by atoms with Crippen LogP contribution in [0.2, 0.25) is 0 Å². The van der Waals surface area contributed by atoms with Crippen molar-refractivity contribution in [3.05, 3.63) is 102 Å².